The molecule has 1 N–H and O–H groups in total. The average molecular weight is 361 g/mol. The van der Waals surface area contributed by atoms with Crippen molar-refractivity contribution in [1.82, 2.24) is 4.90 Å². The maximum absolute atomic E-state index is 12.6. The van der Waals surface area contributed by atoms with Crippen molar-refractivity contribution < 1.29 is 14.3 Å². The van der Waals surface area contributed by atoms with Gasteiger partial charge in [0, 0.05) is 17.8 Å². The van der Waals surface area contributed by atoms with Crippen LogP contribution in [0.1, 0.15) is 22.8 Å². The number of para-hydroxylation sites is 1. The summed E-state index contributed by atoms with van der Waals surface area (Å²) in [7, 11) is 3.04. The summed E-state index contributed by atoms with van der Waals surface area (Å²) in [6.07, 6.45) is 0.810. The van der Waals surface area contributed by atoms with Crippen LogP contribution in [-0.2, 0) is 11.2 Å². The molecule has 0 spiro atoms. The van der Waals surface area contributed by atoms with Crippen molar-refractivity contribution in [2.75, 3.05) is 26.0 Å². The minimum atomic E-state index is -0.335. The summed E-state index contributed by atoms with van der Waals surface area (Å²) in [5, 5.41) is 3.28. The van der Waals surface area contributed by atoms with Gasteiger partial charge in [-0.3, -0.25) is 9.59 Å². The van der Waals surface area contributed by atoms with Crippen LogP contribution in [-0.4, -0.2) is 37.4 Å². The second kappa shape index (κ2) is 8.53. The number of likely N-dealkylation sites (N-methyl/N-ethyl adjacent to an activating group) is 1. The lowest BCUT2D eigenvalue weighted by atomic mass is 10.1. The number of rotatable bonds is 6. The highest BCUT2D eigenvalue weighted by Crippen LogP contribution is 2.24. The molecule has 2 amide bonds. The zero-order chi connectivity index (χ0) is 18.4. The molecule has 0 aliphatic rings. The van der Waals surface area contributed by atoms with Gasteiger partial charge in [-0.05, 0) is 36.2 Å². The first-order valence-electron chi connectivity index (χ1n) is 7.93. The van der Waals surface area contributed by atoms with E-state index in [4.69, 9.17) is 16.3 Å². The lowest BCUT2D eigenvalue weighted by molar-refractivity contribution is -0.116. The normalized spacial score (nSPS) is 10.2. The Bertz CT molecular complexity index is 777. The molecule has 0 radical (unpaired) electrons. The molecule has 2 aromatic rings. The van der Waals surface area contributed by atoms with Crippen LogP contribution in [0.2, 0.25) is 5.02 Å². The fourth-order valence-corrected chi connectivity index (χ4v) is 2.65. The number of anilines is 1. The predicted octanol–water partition coefficient (Wildman–Crippen LogP) is 3.62. The van der Waals surface area contributed by atoms with Gasteiger partial charge in [0.15, 0.2) is 0 Å². The largest absolute Gasteiger partial charge is 0.496 e. The molecule has 0 aromatic heterocycles. The van der Waals surface area contributed by atoms with Crippen LogP contribution >= 0.6 is 11.6 Å². The van der Waals surface area contributed by atoms with Gasteiger partial charge in [0.1, 0.15) is 5.75 Å². The quantitative estimate of drug-likeness (QED) is 0.855. The lowest BCUT2D eigenvalue weighted by Crippen LogP contribution is -2.35. The summed E-state index contributed by atoms with van der Waals surface area (Å²) in [6.45, 7) is 1.94. The lowest BCUT2D eigenvalue weighted by Gasteiger charge is -2.19. The number of hydrogen-bond acceptors (Lipinski definition) is 3. The number of nitrogens with one attached hydrogen (secondary N) is 1. The Labute approximate surface area is 152 Å². The molecule has 2 aromatic carbocycles. The maximum Gasteiger partial charge on any atom is 0.257 e. The van der Waals surface area contributed by atoms with Crippen LogP contribution in [0.15, 0.2) is 42.5 Å². The second-order valence-corrected chi connectivity index (χ2v) is 6.00. The highest BCUT2D eigenvalue weighted by molar-refractivity contribution is 6.31. The third kappa shape index (κ3) is 4.73. The number of methoxy groups -OCH3 is 1. The molecule has 25 heavy (non-hydrogen) atoms. The number of hydrogen-bond donors (Lipinski definition) is 1. The van der Waals surface area contributed by atoms with Gasteiger partial charge < -0.3 is 15.0 Å². The van der Waals surface area contributed by atoms with Crippen molar-refractivity contribution in [3.8, 4) is 5.75 Å². The van der Waals surface area contributed by atoms with Gasteiger partial charge in [-0.2, -0.15) is 0 Å². The van der Waals surface area contributed by atoms with E-state index in [0.29, 0.717) is 16.3 Å². The molecule has 2 rings (SSSR count). The molecule has 0 atom stereocenters. The summed E-state index contributed by atoms with van der Waals surface area (Å²) in [6, 6.07) is 12.4. The number of ether oxygens (including phenoxy) is 1. The number of carbonyl (C=O) groups excluding carboxylic acids is 2. The number of benzene rings is 2. The topological polar surface area (TPSA) is 58.6 Å². The van der Waals surface area contributed by atoms with E-state index in [9.17, 15) is 9.59 Å². The van der Waals surface area contributed by atoms with Crippen LogP contribution in [0.4, 0.5) is 5.69 Å². The van der Waals surface area contributed by atoms with E-state index in [1.807, 2.05) is 31.2 Å². The highest BCUT2D eigenvalue weighted by Gasteiger charge is 2.19. The molecule has 0 fully saturated rings. The monoisotopic (exact) mass is 360 g/mol. The van der Waals surface area contributed by atoms with E-state index in [1.165, 1.54) is 18.1 Å². The zero-order valence-corrected chi connectivity index (χ0v) is 15.3. The smallest absolute Gasteiger partial charge is 0.257 e. The van der Waals surface area contributed by atoms with Crippen molar-refractivity contribution in [3.05, 3.63) is 58.6 Å². The summed E-state index contributed by atoms with van der Waals surface area (Å²) in [4.78, 5) is 26.2. The fourth-order valence-electron chi connectivity index (χ4n) is 2.48. The zero-order valence-electron chi connectivity index (χ0n) is 14.5. The van der Waals surface area contributed by atoms with Gasteiger partial charge in [-0.25, -0.2) is 0 Å². The number of nitrogens with zero attached hydrogens (tertiary/aromatic N) is 1. The van der Waals surface area contributed by atoms with Crippen LogP contribution in [0, 0.1) is 0 Å². The molecule has 0 saturated carbocycles. The summed E-state index contributed by atoms with van der Waals surface area (Å²) in [5.74, 6) is -0.186. The van der Waals surface area contributed by atoms with E-state index in [0.717, 1.165) is 17.7 Å². The van der Waals surface area contributed by atoms with Crippen LogP contribution in [0.25, 0.3) is 0 Å². The molecule has 132 valence electrons. The number of halogens is 1. The fraction of sp³-hybridized carbons (Fsp3) is 0.263. The molecule has 0 aliphatic carbocycles. The first kappa shape index (κ1) is 18.8. The molecule has 6 heteroatoms. The van der Waals surface area contributed by atoms with Gasteiger partial charge in [0.05, 0.1) is 19.2 Å². The van der Waals surface area contributed by atoms with Crippen molar-refractivity contribution >= 4 is 29.1 Å². The van der Waals surface area contributed by atoms with Crippen molar-refractivity contribution in [1.29, 1.82) is 0 Å². The first-order chi connectivity index (χ1) is 12.0. The van der Waals surface area contributed by atoms with E-state index < -0.39 is 0 Å². The molecule has 0 saturated heterocycles. The number of aryl methyl sites for hydroxylation is 1. The molecule has 0 unspecified atom stereocenters. The SMILES string of the molecule is CCc1ccccc1NC(=O)CN(C)C(=O)c1cc(Cl)ccc1OC. The summed E-state index contributed by atoms with van der Waals surface area (Å²) in [5.41, 5.74) is 2.12. The first-order valence-corrected chi connectivity index (χ1v) is 8.30. The van der Waals surface area contributed by atoms with Crippen molar-refractivity contribution in [3.63, 3.8) is 0 Å². The molecule has 0 bridgehead atoms. The maximum atomic E-state index is 12.6. The minimum Gasteiger partial charge on any atom is -0.496 e. The Hall–Kier alpha value is -2.53. The third-order valence-corrected chi connectivity index (χ3v) is 4.03. The number of amides is 2. The molecule has 5 nitrogen and oxygen atoms in total. The van der Waals surface area contributed by atoms with Crippen molar-refractivity contribution in [2.24, 2.45) is 0 Å². The van der Waals surface area contributed by atoms with Gasteiger partial charge in [-0.15, -0.1) is 0 Å². The van der Waals surface area contributed by atoms with Gasteiger partial charge in [0.25, 0.3) is 5.91 Å². The molecular weight excluding hydrogens is 340 g/mol. The Morgan fingerprint density at radius 2 is 1.92 bits per heavy atom. The van der Waals surface area contributed by atoms with Crippen molar-refractivity contribution in [2.45, 2.75) is 13.3 Å². The molecular formula is C19H21ClN2O3. The Morgan fingerprint density at radius 1 is 1.20 bits per heavy atom. The van der Waals surface area contributed by atoms with E-state index in [-0.39, 0.29) is 18.4 Å². The van der Waals surface area contributed by atoms with Crippen LogP contribution in [0.5, 0.6) is 5.75 Å². The number of carbonyl (C=O) groups is 2. The van der Waals surface area contributed by atoms with Gasteiger partial charge >= 0.3 is 0 Å². The average Bonchev–Trinajstić information content (AvgIpc) is 2.61. The third-order valence-electron chi connectivity index (χ3n) is 3.79. The van der Waals surface area contributed by atoms with E-state index >= 15 is 0 Å². The predicted molar refractivity (Wildman–Crippen MR) is 99.4 cm³/mol. The van der Waals surface area contributed by atoms with Gasteiger partial charge in [-0.1, -0.05) is 36.7 Å². The van der Waals surface area contributed by atoms with Crippen LogP contribution in [0.3, 0.4) is 0 Å². The highest BCUT2D eigenvalue weighted by atomic mass is 35.5. The Kier molecular flexibility index (Phi) is 6.42. The van der Waals surface area contributed by atoms with E-state index in [2.05, 4.69) is 5.32 Å². The molecule has 0 heterocycles. The summed E-state index contributed by atoms with van der Waals surface area (Å²) < 4.78 is 5.20. The van der Waals surface area contributed by atoms with Gasteiger partial charge in [0.2, 0.25) is 5.91 Å². The molecule has 0 aliphatic heterocycles. The van der Waals surface area contributed by atoms with Crippen LogP contribution < -0.4 is 10.1 Å². The minimum absolute atomic E-state index is 0.0768. The summed E-state index contributed by atoms with van der Waals surface area (Å²) >= 11 is 5.96. The standard InChI is InChI=1S/C19H21ClN2O3/c1-4-13-7-5-6-8-16(13)21-18(23)12-22(2)19(24)15-11-14(20)9-10-17(15)25-3/h5-11H,4,12H2,1-3H3,(H,21,23). The Balaban J connectivity index is 2.08. The Morgan fingerprint density at radius 3 is 2.60 bits per heavy atom. The van der Waals surface area contributed by atoms with E-state index in [1.54, 1.807) is 19.2 Å². The second-order valence-electron chi connectivity index (χ2n) is 5.56.